The maximum Gasteiger partial charge on any atom is 0.416 e. The van der Waals surface area contributed by atoms with Gasteiger partial charge in [-0.15, -0.1) is 0 Å². The Hall–Kier alpha value is -2.35. The lowest BCUT2D eigenvalue weighted by Crippen LogP contribution is -2.18. The summed E-state index contributed by atoms with van der Waals surface area (Å²) < 4.78 is 38.1. The molecule has 1 heterocycles. The van der Waals surface area contributed by atoms with Crippen LogP contribution in [0.4, 0.5) is 24.5 Å². The lowest BCUT2D eigenvalue weighted by molar-refractivity contribution is -0.384. The number of halogens is 4. The molecular weight excluding hydrogens is 335 g/mol. The highest BCUT2D eigenvalue weighted by Crippen LogP contribution is 2.36. The Kier molecular flexibility index (Phi) is 4.74. The van der Waals surface area contributed by atoms with E-state index in [9.17, 15) is 23.3 Å². The summed E-state index contributed by atoms with van der Waals surface area (Å²) in [5.41, 5.74) is -0.872. The highest BCUT2D eigenvalue weighted by atomic mass is 35.5. The third kappa shape index (κ3) is 4.10. The van der Waals surface area contributed by atoms with Crippen molar-refractivity contribution in [2.24, 2.45) is 0 Å². The van der Waals surface area contributed by atoms with Crippen LogP contribution in [-0.2, 0) is 12.7 Å². The summed E-state index contributed by atoms with van der Waals surface area (Å²) in [5.74, 6) is 0. The monoisotopic (exact) mass is 345 g/mol. The summed E-state index contributed by atoms with van der Waals surface area (Å²) in [7, 11) is 1.55. The molecule has 0 saturated carbocycles. The molecule has 0 spiro atoms. The third-order valence-corrected chi connectivity index (χ3v) is 3.34. The van der Waals surface area contributed by atoms with Gasteiger partial charge < -0.3 is 4.90 Å². The topological polar surface area (TPSA) is 59.3 Å². The van der Waals surface area contributed by atoms with E-state index < -0.39 is 22.4 Å². The quantitative estimate of drug-likeness (QED) is 0.471. The number of alkyl halides is 3. The lowest BCUT2D eigenvalue weighted by atomic mass is 10.1. The standard InChI is InChI=1S/C14H11ClF3N3O2/c1-20(8-9-2-5-13(15)19-7-9)11-4-3-10(14(16,17)18)6-12(11)21(22)23/h2-7H,8H2,1H3. The van der Waals surface area contributed by atoms with Gasteiger partial charge in [-0.3, -0.25) is 10.1 Å². The molecule has 0 aliphatic carbocycles. The highest BCUT2D eigenvalue weighted by Gasteiger charge is 2.33. The summed E-state index contributed by atoms with van der Waals surface area (Å²) in [5, 5.41) is 11.4. The van der Waals surface area contributed by atoms with Crippen LogP contribution in [0.3, 0.4) is 0 Å². The molecule has 2 rings (SSSR count). The van der Waals surface area contributed by atoms with Crippen LogP contribution in [0, 0.1) is 10.1 Å². The van der Waals surface area contributed by atoms with Crippen molar-refractivity contribution in [1.82, 2.24) is 4.98 Å². The Balaban J connectivity index is 2.34. The molecule has 122 valence electrons. The number of aromatic nitrogens is 1. The predicted molar refractivity (Wildman–Crippen MR) is 79.5 cm³/mol. The van der Waals surface area contributed by atoms with Crippen LogP contribution in [0.5, 0.6) is 0 Å². The van der Waals surface area contributed by atoms with Crippen molar-refractivity contribution in [1.29, 1.82) is 0 Å². The van der Waals surface area contributed by atoms with Gasteiger partial charge in [-0.25, -0.2) is 4.98 Å². The van der Waals surface area contributed by atoms with Crippen LogP contribution in [0.15, 0.2) is 36.5 Å². The van der Waals surface area contributed by atoms with Gasteiger partial charge in [0, 0.05) is 25.9 Å². The van der Waals surface area contributed by atoms with Crippen LogP contribution >= 0.6 is 11.6 Å². The van der Waals surface area contributed by atoms with Gasteiger partial charge in [0.1, 0.15) is 10.8 Å². The molecule has 1 aromatic carbocycles. The van der Waals surface area contributed by atoms with E-state index in [1.165, 1.54) is 11.1 Å². The highest BCUT2D eigenvalue weighted by molar-refractivity contribution is 6.29. The van der Waals surface area contributed by atoms with Crippen LogP contribution in [0.1, 0.15) is 11.1 Å². The summed E-state index contributed by atoms with van der Waals surface area (Å²) in [6.45, 7) is 0.233. The van der Waals surface area contributed by atoms with Crippen LogP contribution < -0.4 is 4.90 Å². The zero-order valence-electron chi connectivity index (χ0n) is 11.8. The fraction of sp³-hybridized carbons (Fsp3) is 0.214. The largest absolute Gasteiger partial charge is 0.416 e. The molecule has 0 aliphatic rings. The van der Waals surface area contributed by atoms with E-state index >= 15 is 0 Å². The van der Waals surface area contributed by atoms with Crippen molar-refractivity contribution < 1.29 is 18.1 Å². The van der Waals surface area contributed by atoms with Gasteiger partial charge in [0.05, 0.1) is 10.5 Å². The molecule has 1 aromatic heterocycles. The number of hydrogen-bond acceptors (Lipinski definition) is 4. The molecule has 0 unspecified atom stereocenters. The molecule has 0 N–H and O–H groups in total. The predicted octanol–water partition coefficient (Wildman–Crippen LogP) is 4.30. The number of hydrogen-bond donors (Lipinski definition) is 0. The maximum absolute atomic E-state index is 12.7. The zero-order chi connectivity index (χ0) is 17.2. The Morgan fingerprint density at radius 1 is 1.30 bits per heavy atom. The number of nitrogens with zero attached hydrogens (tertiary/aromatic N) is 3. The number of pyridine rings is 1. The first-order chi connectivity index (χ1) is 10.7. The minimum Gasteiger partial charge on any atom is -0.365 e. The molecule has 0 saturated heterocycles. The van der Waals surface area contributed by atoms with Crippen molar-refractivity contribution in [3.05, 3.63) is 62.9 Å². The van der Waals surface area contributed by atoms with Gasteiger partial charge in [0.25, 0.3) is 5.69 Å². The molecule has 9 heteroatoms. The first-order valence-corrected chi connectivity index (χ1v) is 6.73. The molecule has 0 atom stereocenters. The molecule has 23 heavy (non-hydrogen) atoms. The fourth-order valence-electron chi connectivity index (χ4n) is 2.03. The summed E-state index contributed by atoms with van der Waals surface area (Å²) >= 11 is 5.67. The third-order valence-electron chi connectivity index (χ3n) is 3.12. The normalized spacial score (nSPS) is 11.3. The minimum absolute atomic E-state index is 0.0814. The van der Waals surface area contributed by atoms with E-state index in [0.29, 0.717) is 16.8 Å². The van der Waals surface area contributed by atoms with Gasteiger partial charge >= 0.3 is 6.18 Å². The van der Waals surface area contributed by atoms with Crippen molar-refractivity contribution >= 4 is 23.0 Å². The van der Waals surface area contributed by atoms with Gasteiger partial charge in [0.2, 0.25) is 0 Å². The fourth-order valence-corrected chi connectivity index (χ4v) is 2.14. The summed E-state index contributed by atoms with van der Waals surface area (Å²) in [4.78, 5) is 15.6. The average Bonchev–Trinajstić information content (AvgIpc) is 2.48. The first kappa shape index (κ1) is 17.0. The minimum atomic E-state index is -4.64. The zero-order valence-corrected chi connectivity index (χ0v) is 12.6. The summed E-state index contributed by atoms with van der Waals surface area (Å²) in [6.07, 6.45) is -3.14. The van der Waals surface area contributed by atoms with Crippen molar-refractivity contribution in [3.63, 3.8) is 0 Å². The second-order valence-electron chi connectivity index (χ2n) is 4.80. The average molecular weight is 346 g/mol. The van der Waals surface area contributed by atoms with Gasteiger partial charge in [-0.2, -0.15) is 13.2 Å². The second-order valence-corrected chi connectivity index (χ2v) is 5.19. The van der Waals surface area contributed by atoms with Gasteiger partial charge in [-0.1, -0.05) is 17.7 Å². The Labute approximate surface area is 134 Å². The second kappa shape index (κ2) is 6.41. The van der Waals surface area contributed by atoms with Gasteiger partial charge in [0.15, 0.2) is 0 Å². The van der Waals surface area contributed by atoms with E-state index in [1.807, 2.05) is 0 Å². The van der Waals surface area contributed by atoms with Crippen molar-refractivity contribution in [2.45, 2.75) is 12.7 Å². The molecule has 0 bridgehead atoms. The van der Waals surface area contributed by atoms with E-state index in [-0.39, 0.29) is 12.2 Å². The Morgan fingerprint density at radius 3 is 2.52 bits per heavy atom. The SMILES string of the molecule is CN(Cc1ccc(Cl)nc1)c1ccc(C(F)(F)F)cc1[N+](=O)[O-]. The van der Waals surface area contributed by atoms with Crippen molar-refractivity contribution in [2.75, 3.05) is 11.9 Å². The van der Waals surface area contributed by atoms with Crippen LogP contribution in [-0.4, -0.2) is 17.0 Å². The van der Waals surface area contributed by atoms with E-state index in [1.54, 1.807) is 19.2 Å². The number of nitro groups is 1. The molecule has 2 aromatic rings. The Bertz CT molecular complexity index is 720. The Morgan fingerprint density at radius 2 is 2.00 bits per heavy atom. The van der Waals surface area contributed by atoms with Crippen LogP contribution in [0.25, 0.3) is 0 Å². The summed E-state index contributed by atoms with van der Waals surface area (Å²) in [6, 6.07) is 5.68. The van der Waals surface area contributed by atoms with E-state index in [2.05, 4.69) is 4.98 Å². The van der Waals surface area contributed by atoms with E-state index in [0.717, 1.165) is 12.1 Å². The molecule has 5 nitrogen and oxygen atoms in total. The number of anilines is 1. The smallest absolute Gasteiger partial charge is 0.365 e. The lowest BCUT2D eigenvalue weighted by Gasteiger charge is -2.20. The number of benzene rings is 1. The first-order valence-electron chi connectivity index (χ1n) is 6.35. The molecular formula is C14H11ClF3N3O2. The molecule has 0 aliphatic heterocycles. The van der Waals surface area contributed by atoms with Crippen molar-refractivity contribution in [3.8, 4) is 0 Å². The number of rotatable bonds is 4. The van der Waals surface area contributed by atoms with Gasteiger partial charge in [-0.05, 0) is 23.8 Å². The maximum atomic E-state index is 12.7. The molecule has 0 amide bonds. The number of nitro benzene ring substituents is 1. The van der Waals surface area contributed by atoms with Crippen LogP contribution in [0.2, 0.25) is 5.15 Å². The molecule has 0 fully saturated rings. The molecule has 0 radical (unpaired) electrons. The van der Waals surface area contributed by atoms with E-state index in [4.69, 9.17) is 11.6 Å².